The first-order chi connectivity index (χ1) is 30.6. The van der Waals surface area contributed by atoms with E-state index in [9.17, 15) is 9.59 Å². The van der Waals surface area contributed by atoms with Crippen molar-refractivity contribution in [2.75, 3.05) is 6.61 Å². The predicted molar refractivity (Wildman–Crippen MR) is 275 cm³/mol. The SMILES string of the molecule is CCOC(C)O[C@]1(C)CC[C@@H](O[Si](CC)(CC)CC)CC(=O)O[C@H](/C(C)=C/C=C/[C@@](C)(C[C@H]2O[C@@H]2[C@H](C)[C@H](CC)O[Si](CC)(CC)CC)O[Si](CC)(CC)CC)[C@@H](C)/C=C/[C@@H]1OC(C)=O. The van der Waals surface area contributed by atoms with Gasteiger partial charge >= 0.3 is 11.9 Å². The molecule has 2 rings (SSSR count). The van der Waals surface area contributed by atoms with Gasteiger partial charge in [0.1, 0.15) is 17.8 Å². The molecule has 1 fully saturated rings. The van der Waals surface area contributed by atoms with Crippen molar-refractivity contribution in [3.05, 3.63) is 36.0 Å². The molecule has 0 bridgehead atoms. The number of hydrogen-bond acceptors (Lipinski definition) is 10. The van der Waals surface area contributed by atoms with Gasteiger partial charge in [0.15, 0.2) is 31.2 Å². The minimum atomic E-state index is -2.13. The van der Waals surface area contributed by atoms with E-state index in [4.69, 9.17) is 37.0 Å². The van der Waals surface area contributed by atoms with Crippen molar-refractivity contribution in [3.8, 4) is 0 Å². The molecule has 2 aliphatic heterocycles. The van der Waals surface area contributed by atoms with Crippen LogP contribution in [0, 0.1) is 11.8 Å². The van der Waals surface area contributed by atoms with Crippen molar-refractivity contribution >= 4 is 36.9 Å². The molecule has 0 spiro atoms. The average Bonchev–Trinajstić information content (AvgIpc) is 4.05. The molecule has 0 amide bonds. The molecule has 0 aromatic heterocycles. The van der Waals surface area contributed by atoms with Crippen molar-refractivity contribution in [3.63, 3.8) is 0 Å². The summed E-state index contributed by atoms with van der Waals surface area (Å²) >= 11 is 0. The second-order valence-corrected chi connectivity index (χ2v) is 33.9. The van der Waals surface area contributed by atoms with Crippen molar-refractivity contribution in [1.82, 2.24) is 0 Å². The topological polar surface area (TPSA) is 111 Å². The molecule has 0 aromatic carbocycles. The number of rotatable bonds is 28. The summed E-state index contributed by atoms with van der Waals surface area (Å²) in [6, 6.07) is 9.40. The van der Waals surface area contributed by atoms with Gasteiger partial charge in [-0.25, -0.2) is 0 Å². The molecule has 10 nitrogen and oxygen atoms in total. The monoisotopic (exact) mass is 967 g/mol. The average molecular weight is 968 g/mol. The van der Waals surface area contributed by atoms with Crippen molar-refractivity contribution in [2.45, 2.75) is 265 Å². The van der Waals surface area contributed by atoms with Gasteiger partial charge in [0.2, 0.25) is 0 Å². The fourth-order valence-electron chi connectivity index (χ4n) is 10.2. The van der Waals surface area contributed by atoms with E-state index in [0.29, 0.717) is 25.4 Å². The molecule has 0 saturated carbocycles. The van der Waals surface area contributed by atoms with Gasteiger partial charge in [0, 0.05) is 37.9 Å². The van der Waals surface area contributed by atoms with Crippen LogP contribution in [-0.4, -0.2) is 97.6 Å². The van der Waals surface area contributed by atoms with Crippen LogP contribution in [0.15, 0.2) is 36.0 Å². The third-order valence-electron chi connectivity index (χ3n) is 15.5. The number of ether oxygens (including phenoxy) is 5. The number of cyclic esters (lactones) is 1. The fourth-order valence-corrected chi connectivity index (χ4v) is 19.2. The van der Waals surface area contributed by atoms with E-state index in [1.54, 1.807) is 0 Å². The molecule has 0 aliphatic carbocycles. The van der Waals surface area contributed by atoms with Gasteiger partial charge in [-0.1, -0.05) is 107 Å². The highest BCUT2D eigenvalue weighted by atomic mass is 28.4. The Labute approximate surface area is 401 Å². The summed E-state index contributed by atoms with van der Waals surface area (Å²) in [5.41, 5.74) is -0.625. The van der Waals surface area contributed by atoms with Crippen molar-refractivity contribution in [1.29, 1.82) is 0 Å². The zero-order valence-corrected chi connectivity index (χ0v) is 47.8. The van der Waals surface area contributed by atoms with E-state index in [1.165, 1.54) is 6.92 Å². The maximum Gasteiger partial charge on any atom is 0.308 e. The molecule has 13 heteroatoms. The standard InChI is InChI=1S/C52H98O10Si3/c1-19-45(61-64(24-6,25-7)26-8)41(14)50-46(57-50)38-51(17,62-65(27-9,28-10)29-11)35-30-31-39(12)49-40(13)32-33-47(56-42(15)53)52(18,59-43(16)55-20-2)36-34-44(37-48(54)58-49)60-63(21-3,22-4)23-5/h30-33,35,40-41,43-47,49-50H,19-29,34,36-38H2,1-18H3/b33-32+,35-30+,39-31+/t40-,41+,43?,44+,45-,46+,47-,49+,50+,51-,52+/m0/s1. The minimum Gasteiger partial charge on any atom is -0.457 e. The van der Waals surface area contributed by atoms with Gasteiger partial charge in [0.05, 0.1) is 30.3 Å². The second kappa shape index (κ2) is 27.7. The maximum absolute atomic E-state index is 14.1. The van der Waals surface area contributed by atoms with Crippen LogP contribution in [0.1, 0.15) is 157 Å². The molecule has 1 saturated heterocycles. The van der Waals surface area contributed by atoms with E-state index in [1.807, 2.05) is 46.8 Å². The zero-order chi connectivity index (χ0) is 49.2. The van der Waals surface area contributed by atoms with Gasteiger partial charge in [-0.2, -0.15) is 0 Å². The Balaban J connectivity index is 2.62. The molecule has 11 atom stereocenters. The number of carbonyl (C=O) groups is 2. The smallest absolute Gasteiger partial charge is 0.308 e. The highest BCUT2D eigenvalue weighted by Crippen LogP contribution is 2.43. The maximum atomic E-state index is 14.1. The largest absolute Gasteiger partial charge is 0.457 e. The Kier molecular flexibility index (Phi) is 25.4. The number of epoxide rings is 1. The van der Waals surface area contributed by atoms with Crippen LogP contribution in [0.4, 0.5) is 0 Å². The summed E-state index contributed by atoms with van der Waals surface area (Å²) in [5, 5.41) is 0. The van der Waals surface area contributed by atoms with Gasteiger partial charge in [0.25, 0.3) is 0 Å². The van der Waals surface area contributed by atoms with Crippen LogP contribution >= 0.6 is 0 Å². The molecular formula is C52H98O10Si3. The molecule has 0 N–H and O–H groups in total. The van der Waals surface area contributed by atoms with Gasteiger partial charge in [-0.3, -0.25) is 9.59 Å². The van der Waals surface area contributed by atoms with E-state index in [2.05, 4.69) is 101 Å². The summed E-state index contributed by atoms with van der Waals surface area (Å²) in [6.07, 6.45) is 11.3. The number of carbonyl (C=O) groups excluding carboxylic acids is 2. The quantitative estimate of drug-likeness (QED) is 0.0188. The number of esters is 2. The van der Waals surface area contributed by atoms with Crippen LogP contribution < -0.4 is 0 Å². The van der Waals surface area contributed by atoms with Crippen molar-refractivity contribution < 1.29 is 46.6 Å². The van der Waals surface area contributed by atoms with Gasteiger partial charge < -0.3 is 37.0 Å². The molecule has 0 radical (unpaired) electrons. The highest BCUT2D eigenvalue weighted by Gasteiger charge is 2.51. The van der Waals surface area contributed by atoms with E-state index in [0.717, 1.165) is 72.8 Å². The summed E-state index contributed by atoms with van der Waals surface area (Å²) in [5.74, 6) is -0.667. The second-order valence-electron chi connectivity index (χ2n) is 19.8. The molecule has 378 valence electrons. The lowest BCUT2D eigenvalue weighted by Gasteiger charge is -2.40. The third kappa shape index (κ3) is 17.5. The fraction of sp³-hybridized carbons (Fsp3) is 0.846. The van der Waals surface area contributed by atoms with E-state index in [-0.39, 0.29) is 42.7 Å². The van der Waals surface area contributed by atoms with Crippen LogP contribution in [0.25, 0.3) is 0 Å². The summed E-state index contributed by atoms with van der Waals surface area (Å²) in [7, 11) is -5.95. The lowest BCUT2D eigenvalue weighted by Crippen LogP contribution is -2.48. The molecular weight excluding hydrogens is 869 g/mol. The molecule has 2 heterocycles. The minimum absolute atomic E-state index is 0.0828. The van der Waals surface area contributed by atoms with Crippen LogP contribution in [0.2, 0.25) is 54.4 Å². The summed E-state index contributed by atoms with van der Waals surface area (Å²) in [6.45, 7) is 38.8. The Hall–Kier alpha value is -1.43. The Morgan fingerprint density at radius 3 is 1.95 bits per heavy atom. The third-order valence-corrected chi connectivity index (χ3v) is 29.6. The molecule has 0 aromatic rings. The van der Waals surface area contributed by atoms with Gasteiger partial charge in [-0.15, -0.1) is 0 Å². The first-order valence-electron chi connectivity index (χ1n) is 26.1. The van der Waals surface area contributed by atoms with E-state index < -0.39 is 60.6 Å². The lowest BCUT2D eigenvalue weighted by atomic mass is 9.88. The normalized spacial score (nSPS) is 28.1. The molecule has 2 aliphatic rings. The van der Waals surface area contributed by atoms with E-state index >= 15 is 0 Å². The first-order valence-corrected chi connectivity index (χ1v) is 33.6. The lowest BCUT2D eigenvalue weighted by molar-refractivity contribution is -0.227. The van der Waals surface area contributed by atoms with Crippen LogP contribution in [0.5, 0.6) is 0 Å². The Bertz CT molecular complexity index is 1480. The summed E-state index contributed by atoms with van der Waals surface area (Å²) in [4.78, 5) is 26.8. The Morgan fingerprint density at radius 2 is 1.45 bits per heavy atom. The Morgan fingerprint density at radius 1 is 0.877 bits per heavy atom. The zero-order valence-electron chi connectivity index (χ0n) is 44.8. The van der Waals surface area contributed by atoms with Crippen molar-refractivity contribution in [2.24, 2.45) is 11.8 Å². The summed E-state index contributed by atoms with van der Waals surface area (Å²) < 4.78 is 53.0. The number of hydrogen-bond donors (Lipinski definition) is 0. The van der Waals surface area contributed by atoms with Crippen LogP contribution in [-0.2, 0) is 46.6 Å². The predicted octanol–water partition coefficient (Wildman–Crippen LogP) is 13.6. The van der Waals surface area contributed by atoms with Crippen LogP contribution in [0.3, 0.4) is 0 Å². The molecule has 65 heavy (non-hydrogen) atoms. The molecule has 1 unspecified atom stereocenters. The van der Waals surface area contributed by atoms with Gasteiger partial charge in [-0.05, 0) is 120 Å². The number of allylic oxidation sites excluding steroid dienone is 2. The first kappa shape index (κ1) is 59.7. The highest BCUT2D eigenvalue weighted by molar-refractivity contribution is 6.74.